The van der Waals surface area contributed by atoms with Crippen molar-refractivity contribution in [3.05, 3.63) is 33.9 Å². The minimum absolute atomic E-state index is 0.121. The number of hydrogen-bond donors (Lipinski definition) is 5. The maximum atomic E-state index is 13.7. The van der Waals surface area contributed by atoms with Crippen LogP contribution < -0.4 is 5.73 Å². The minimum atomic E-state index is -2.63. The number of carbonyl (C=O) groups is 3. The van der Waals surface area contributed by atoms with Crippen LogP contribution in [0.5, 0.6) is 5.75 Å². The van der Waals surface area contributed by atoms with Crippen molar-refractivity contribution in [2.45, 2.75) is 50.9 Å². The van der Waals surface area contributed by atoms with Gasteiger partial charge in [0.1, 0.15) is 17.4 Å². The number of phenolic OH excluding ortho intramolecular Hbond substituents is 1. The molecular weight excluding hydrogens is 428 g/mol. The Kier molecular flexibility index (Phi) is 5.42. The fraction of sp³-hybridized carbons (Fsp3) is 0.542. The first kappa shape index (κ1) is 23.4. The van der Waals surface area contributed by atoms with Crippen LogP contribution in [-0.2, 0) is 27.2 Å². The van der Waals surface area contributed by atoms with E-state index in [2.05, 4.69) is 0 Å². The van der Waals surface area contributed by atoms with Gasteiger partial charge in [0.2, 0.25) is 11.7 Å². The van der Waals surface area contributed by atoms with Gasteiger partial charge in [0.05, 0.1) is 11.7 Å². The highest BCUT2D eigenvalue weighted by atomic mass is 16.3. The Morgan fingerprint density at radius 1 is 1.27 bits per heavy atom. The average Bonchev–Trinajstić information content (AvgIpc) is 2.72. The number of phenols is 1. The second kappa shape index (κ2) is 7.65. The molecule has 1 aromatic rings. The van der Waals surface area contributed by atoms with Gasteiger partial charge in [0.15, 0.2) is 11.4 Å². The number of amides is 1. The lowest BCUT2D eigenvalue weighted by atomic mass is 9.54. The van der Waals surface area contributed by atoms with Crippen LogP contribution in [0.25, 0.3) is 5.76 Å². The summed E-state index contributed by atoms with van der Waals surface area (Å²) >= 11 is 0. The summed E-state index contributed by atoms with van der Waals surface area (Å²) in [6, 6.07) is 0.956. The van der Waals surface area contributed by atoms with E-state index >= 15 is 0 Å². The van der Waals surface area contributed by atoms with Gasteiger partial charge in [-0.05, 0) is 62.9 Å². The van der Waals surface area contributed by atoms with E-state index < -0.39 is 58.7 Å². The van der Waals surface area contributed by atoms with Gasteiger partial charge < -0.3 is 31.1 Å². The number of nitrogens with two attached hydrogens (primary N) is 1. The van der Waals surface area contributed by atoms with Gasteiger partial charge in [-0.15, -0.1) is 0 Å². The quantitative estimate of drug-likeness (QED) is 0.396. The number of benzene rings is 1. The predicted octanol–water partition coefficient (Wildman–Crippen LogP) is -0.000180. The summed E-state index contributed by atoms with van der Waals surface area (Å²) in [4.78, 5) is 40.6. The highest BCUT2D eigenvalue weighted by molar-refractivity contribution is 6.25. The van der Waals surface area contributed by atoms with Crippen molar-refractivity contribution in [2.75, 3.05) is 14.1 Å². The van der Waals surface area contributed by atoms with Crippen molar-refractivity contribution in [2.24, 2.45) is 23.5 Å². The van der Waals surface area contributed by atoms with Crippen LogP contribution in [0.1, 0.15) is 35.6 Å². The van der Waals surface area contributed by atoms with E-state index in [-0.39, 0.29) is 23.3 Å². The highest BCUT2D eigenvalue weighted by Crippen LogP contribution is 2.52. The van der Waals surface area contributed by atoms with Gasteiger partial charge >= 0.3 is 0 Å². The van der Waals surface area contributed by atoms with Crippen molar-refractivity contribution >= 4 is 23.2 Å². The number of hydrogen-bond acceptors (Lipinski definition) is 8. The van der Waals surface area contributed by atoms with E-state index in [1.165, 1.54) is 0 Å². The standard InChI is InChI=1S/C24H30N2O7/c1-5-10-6-9(2)18(27)15-12(10)7-11-8-13-17(26(3)4)20(29)16(23(25)32)22(31)24(13,33)21(30)14(11)19(15)28/h6,11,13,16-17,20,27-29,33H,5,7-8H2,1-4H3,(H2,25,32)/t11-,13-,16?,17-,20?,24-/m1/s1. The Balaban J connectivity index is 1.95. The van der Waals surface area contributed by atoms with Gasteiger partial charge in [-0.3, -0.25) is 14.4 Å². The Morgan fingerprint density at radius 2 is 1.91 bits per heavy atom. The summed E-state index contributed by atoms with van der Waals surface area (Å²) < 4.78 is 0. The fourth-order valence-corrected chi connectivity index (χ4v) is 6.21. The molecule has 178 valence electrons. The zero-order chi connectivity index (χ0) is 24.6. The predicted molar refractivity (Wildman–Crippen MR) is 118 cm³/mol. The molecule has 1 amide bonds. The first-order chi connectivity index (χ1) is 15.4. The number of nitrogens with zero attached hydrogens (tertiary/aromatic N) is 1. The van der Waals surface area contributed by atoms with Crippen LogP contribution in [0.2, 0.25) is 0 Å². The number of likely N-dealkylation sites (N-methyl/N-ethyl adjacent to an activating group) is 1. The molecule has 0 aliphatic heterocycles. The molecule has 2 unspecified atom stereocenters. The Hall–Kier alpha value is -2.75. The van der Waals surface area contributed by atoms with Crippen LogP contribution in [0.3, 0.4) is 0 Å². The van der Waals surface area contributed by atoms with Crippen molar-refractivity contribution < 1.29 is 34.8 Å². The summed E-state index contributed by atoms with van der Waals surface area (Å²) in [6.07, 6.45) is -0.391. The lowest BCUT2D eigenvalue weighted by Gasteiger charge is -2.53. The van der Waals surface area contributed by atoms with Crippen molar-refractivity contribution in [3.63, 3.8) is 0 Å². The van der Waals surface area contributed by atoms with Gasteiger partial charge in [0, 0.05) is 17.5 Å². The first-order valence-corrected chi connectivity index (χ1v) is 11.1. The molecule has 0 radical (unpaired) electrons. The number of rotatable bonds is 3. The number of fused-ring (bicyclic) bond motifs is 3. The second-order valence-corrected chi connectivity index (χ2v) is 9.70. The summed E-state index contributed by atoms with van der Waals surface area (Å²) in [5.41, 5.74) is 4.95. The Morgan fingerprint density at radius 3 is 2.45 bits per heavy atom. The molecule has 2 fully saturated rings. The normalized spacial score (nSPS) is 33.6. The van der Waals surface area contributed by atoms with Crippen LogP contribution in [0, 0.1) is 24.7 Å². The topological polar surface area (TPSA) is 161 Å². The zero-order valence-corrected chi connectivity index (χ0v) is 19.1. The monoisotopic (exact) mass is 458 g/mol. The van der Waals surface area contributed by atoms with E-state index in [4.69, 9.17) is 5.73 Å². The third kappa shape index (κ3) is 2.99. The molecule has 9 nitrogen and oxygen atoms in total. The number of carbonyl (C=O) groups excluding carboxylic acids is 3. The SMILES string of the molecule is CCc1cc(C)c(O)c2c1C[C@@H]1C[C@@H]3[C@@H](N(C)C)C(O)C(C(N)=O)C(=O)[C@]3(O)C(=O)C1=C2O. The number of primary amides is 1. The van der Waals surface area contributed by atoms with Gasteiger partial charge in [-0.1, -0.05) is 13.0 Å². The van der Waals surface area contributed by atoms with E-state index in [1.54, 1.807) is 25.9 Å². The third-order valence-corrected chi connectivity index (χ3v) is 7.75. The molecule has 0 saturated heterocycles. The lowest BCUT2D eigenvalue weighted by molar-refractivity contribution is -0.184. The number of aliphatic hydroxyl groups excluding tert-OH is 2. The molecule has 0 spiro atoms. The zero-order valence-electron chi connectivity index (χ0n) is 19.1. The maximum Gasteiger partial charge on any atom is 0.230 e. The molecule has 3 aliphatic rings. The number of aryl methyl sites for hydroxylation is 2. The van der Waals surface area contributed by atoms with E-state index in [1.807, 2.05) is 13.0 Å². The van der Waals surface area contributed by atoms with Gasteiger partial charge in [-0.2, -0.15) is 0 Å². The fourth-order valence-electron chi connectivity index (χ4n) is 6.21. The van der Waals surface area contributed by atoms with Crippen molar-refractivity contribution in [3.8, 4) is 5.75 Å². The summed E-state index contributed by atoms with van der Waals surface area (Å²) in [5, 5.41) is 44.3. The molecule has 3 aliphatic carbocycles. The van der Waals surface area contributed by atoms with Crippen LogP contribution >= 0.6 is 0 Å². The van der Waals surface area contributed by atoms with E-state index in [9.17, 15) is 34.8 Å². The molecular formula is C24H30N2O7. The molecule has 0 aromatic heterocycles. The average molecular weight is 459 g/mol. The molecule has 1 aromatic carbocycles. The van der Waals surface area contributed by atoms with E-state index in [0.29, 0.717) is 18.4 Å². The number of ketones is 2. The largest absolute Gasteiger partial charge is 0.507 e. The lowest BCUT2D eigenvalue weighted by Crippen LogP contribution is -2.73. The molecule has 4 rings (SSSR count). The smallest absolute Gasteiger partial charge is 0.230 e. The van der Waals surface area contributed by atoms with Crippen LogP contribution in [0.15, 0.2) is 11.6 Å². The van der Waals surface area contributed by atoms with Crippen LogP contribution in [-0.4, -0.2) is 74.6 Å². The molecule has 9 heteroatoms. The summed E-state index contributed by atoms with van der Waals surface area (Å²) in [6.45, 7) is 3.64. The van der Waals surface area contributed by atoms with E-state index in [0.717, 1.165) is 11.1 Å². The molecule has 33 heavy (non-hydrogen) atoms. The second-order valence-electron chi connectivity index (χ2n) is 9.70. The number of aromatic hydroxyl groups is 1. The molecule has 2 saturated carbocycles. The Labute approximate surface area is 191 Å². The first-order valence-electron chi connectivity index (χ1n) is 11.1. The maximum absolute atomic E-state index is 13.7. The molecule has 6 N–H and O–H groups in total. The highest BCUT2D eigenvalue weighted by Gasteiger charge is 2.67. The molecule has 0 heterocycles. The number of aliphatic hydroxyl groups is 3. The van der Waals surface area contributed by atoms with Gasteiger partial charge in [-0.25, -0.2) is 0 Å². The third-order valence-electron chi connectivity index (χ3n) is 7.75. The van der Waals surface area contributed by atoms with Crippen molar-refractivity contribution in [1.82, 2.24) is 4.90 Å². The Bertz CT molecular complexity index is 1110. The minimum Gasteiger partial charge on any atom is -0.507 e. The van der Waals surface area contributed by atoms with Gasteiger partial charge in [0.25, 0.3) is 0 Å². The molecule has 0 bridgehead atoms. The number of Topliss-reactive ketones (excluding diaryl/α,β-unsaturated/α-hetero) is 2. The summed E-state index contributed by atoms with van der Waals surface area (Å²) in [5.74, 6) is -7.19. The van der Waals surface area contributed by atoms with Crippen LogP contribution in [0.4, 0.5) is 0 Å². The van der Waals surface area contributed by atoms with Crippen molar-refractivity contribution in [1.29, 1.82) is 0 Å². The summed E-state index contributed by atoms with van der Waals surface area (Å²) in [7, 11) is 3.25. The molecule has 6 atom stereocenters.